The van der Waals surface area contributed by atoms with Crippen molar-refractivity contribution in [2.45, 2.75) is 45.6 Å². The monoisotopic (exact) mass is 345 g/mol. The van der Waals surface area contributed by atoms with Gasteiger partial charge in [-0.25, -0.2) is 0 Å². The number of nitrogens with zero attached hydrogens (tertiary/aromatic N) is 1. The SMILES string of the molecule is CCOC(=O)[C@@H]1CCC[C@]2(CCN(Cc3ccc(OC)cc3)C2=O)C1. The van der Waals surface area contributed by atoms with Crippen LogP contribution >= 0.6 is 0 Å². The Hall–Kier alpha value is -2.04. The van der Waals surface area contributed by atoms with E-state index in [0.717, 1.165) is 43.5 Å². The maximum atomic E-state index is 13.1. The molecule has 1 amide bonds. The summed E-state index contributed by atoms with van der Waals surface area (Å²) >= 11 is 0. The van der Waals surface area contributed by atoms with Crippen molar-refractivity contribution in [1.29, 1.82) is 0 Å². The smallest absolute Gasteiger partial charge is 0.308 e. The fourth-order valence-corrected chi connectivity index (χ4v) is 4.24. The van der Waals surface area contributed by atoms with E-state index >= 15 is 0 Å². The molecule has 1 heterocycles. The maximum Gasteiger partial charge on any atom is 0.308 e. The van der Waals surface area contributed by atoms with Crippen LogP contribution in [0, 0.1) is 11.3 Å². The number of carbonyl (C=O) groups excluding carboxylic acids is 2. The van der Waals surface area contributed by atoms with Crippen molar-refractivity contribution in [2.75, 3.05) is 20.3 Å². The first-order chi connectivity index (χ1) is 12.1. The number of benzene rings is 1. The molecule has 3 rings (SSSR count). The van der Waals surface area contributed by atoms with Gasteiger partial charge in [0, 0.05) is 13.1 Å². The quantitative estimate of drug-likeness (QED) is 0.769. The van der Waals surface area contributed by atoms with Crippen molar-refractivity contribution in [1.82, 2.24) is 4.90 Å². The molecule has 0 radical (unpaired) electrons. The minimum atomic E-state index is -0.359. The van der Waals surface area contributed by atoms with Crippen LogP contribution in [0.3, 0.4) is 0 Å². The van der Waals surface area contributed by atoms with Crippen LogP contribution in [0.5, 0.6) is 5.75 Å². The molecule has 2 atom stereocenters. The number of esters is 1. The van der Waals surface area contributed by atoms with Crippen LogP contribution in [0.4, 0.5) is 0 Å². The van der Waals surface area contributed by atoms with Gasteiger partial charge in [0.2, 0.25) is 5.91 Å². The Morgan fingerprint density at radius 1 is 1.28 bits per heavy atom. The highest BCUT2D eigenvalue weighted by Crippen LogP contribution is 2.47. The Kier molecular flexibility index (Phi) is 5.30. The Bertz CT molecular complexity index is 627. The molecule has 1 aliphatic heterocycles. The van der Waals surface area contributed by atoms with Crippen molar-refractivity contribution < 1.29 is 19.1 Å². The Labute approximate surface area is 149 Å². The van der Waals surface area contributed by atoms with Gasteiger partial charge in [0.15, 0.2) is 0 Å². The molecule has 1 spiro atoms. The fraction of sp³-hybridized carbons (Fsp3) is 0.600. The fourth-order valence-electron chi connectivity index (χ4n) is 4.24. The minimum absolute atomic E-state index is 0.126. The molecule has 1 aromatic rings. The summed E-state index contributed by atoms with van der Waals surface area (Å²) in [4.78, 5) is 27.1. The molecule has 1 saturated carbocycles. The summed E-state index contributed by atoms with van der Waals surface area (Å²) in [5.41, 5.74) is 0.742. The molecule has 0 N–H and O–H groups in total. The highest BCUT2D eigenvalue weighted by atomic mass is 16.5. The van der Waals surface area contributed by atoms with Crippen molar-refractivity contribution >= 4 is 11.9 Å². The summed E-state index contributed by atoms with van der Waals surface area (Å²) in [5.74, 6) is 0.761. The average molecular weight is 345 g/mol. The lowest BCUT2D eigenvalue weighted by molar-refractivity contribution is -0.152. The van der Waals surface area contributed by atoms with Gasteiger partial charge in [0.1, 0.15) is 5.75 Å². The third kappa shape index (κ3) is 3.65. The second-order valence-corrected chi connectivity index (χ2v) is 7.15. The zero-order valence-electron chi connectivity index (χ0n) is 15.1. The molecule has 0 unspecified atom stereocenters. The van der Waals surface area contributed by atoms with E-state index < -0.39 is 0 Å². The van der Waals surface area contributed by atoms with Gasteiger partial charge in [0.05, 0.1) is 25.0 Å². The zero-order chi connectivity index (χ0) is 17.9. The molecular formula is C20H27NO4. The van der Waals surface area contributed by atoms with Gasteiger partial charge in [-0.2, -0.15) is 0 Å². The van der Waals surface area contributed by atoms with E-state index in [2.05, 4.69) is 0 Å². The van der Waals surface area contributed by atoms with Gasteiger partial charge in [0.25, 0.3) is 0 Å². The molecular weight excluding hydrogens is 318 g/mol. The third-order valence-electron chi connectivity index (χ3n) is 5.60. The lowest BCUT2D eigenvalue weighted by Gasteiger charge is -2.35. The van der Waals surface area contributed by atoms with Crippen molar-refractivity contribution in [3.63, 3.8) is 0 Å². The van der Waals surface area contributed by atoms with Crippen LogP contribution in [0.1, 0.15) is 44.6 Å². The first-order valence-electron chi connectivity index (χ1n) is 9.17. The minimum Gasteiger partial charge on any atom is -0.497 e. The molecule has 2 aliphatic rings. The normalized spacial score (nSPS) is 26.1. The molecule has 5 heteroatoms. The zero-order valence-corrected chi connectivity index (χ0v) is 15.1. The second kappa shape index (κ2) is 7.46. The molecule has 136 valence electrons. The van der Waals surface area contributed by atoms with Gasteiger partial charge >= 0.3 is 5.97 Å². The summed E-state index contributed by atoms with van der Waals surface area (Å²) in [7, 11) is 1.64. The molecule has 1 aliphatic carbocycles. The van der Waals surface area contributed by atoms with Crippen molar-refractivity contribution in [2.24, 2.45) is 11.3 Å². The Morgan fingerprint density at radius 2 is 2.04 bits per heavy atom. The standard InChI is InChI=1S/C20H27NO4/c1-3-25-18(22)16-5-4-10-20(13-16)11-12-21(19(20)23)14-15-6-8-17(24-2)9-7-15/h6-9,16H,3-5,10-14H2,1-2H3/t16-,20+/m1/s1. The summed E-state index contributed by atoms with van der Waals surface area (Å²) in [6.45, 7) is 3.61. The number of ether oxygens (including phenoxy) is 2. The molecule has 0 bridgehead atoms. The molecule has 1 aromatic carbocycles. The topological polar surface area (TPSA) is 55.8 Å². The van der Waals surface area contributed by atoms with E-state index in [0.29, 0.717) is 19.6 Å². The molecule has 25 heavy (non-hydrogen) atoms. The lowest BCUT2D eigenvalue weighted by Crippen LogP contribution is -2.40. The molecule has 2 fully saturated rings. The van der Waals surface area contributed by atoms with E-state index in [1.807, 2.05) is 36.1 Å². The number of carbonyl (C=O) groups is 2. The van der Waals surface area contributed by atoms with Crippen LogP contribution in [0.2, 0.25) is 0 Å². The Morgan fingerprint density at radius 3 is 2.72 bits per heavy atom. The predicted molar refractivity (Wildman–Crippen MR) is 94.1 cm³/mol. The summed E-state index contributed by atoms with van der Waals surface area (Å²) in [5, 5.41) is 0. The van der Waals surface area contributed by atoms with Gasteiger partial charge in [-0.3, -0.25) is 9.59 Å². The van der Waals surface area contributed by atoms with E-state index in [9.17, 15) is 9.59 Å². The summed E-state index contributed by atoms with van der Waals surface area (Å²) < 4.78 is 10.4. The van der Waals surface area contributed by atoms with E-state index in [-0.39, 0.29) is 23.2 Å². The van der Waals surface area contributed by atoms with Crippen LogP contribution in [-0.2, 0) is 20.9 Å². The third-order valence-corrected chi connectivity index (χ3v) is 5.60. The maximum absolute atomic E-state index is 13.1. The number of likely N-dealkylation sites (tertiary alicyclic amines) is 1. The number of amides is 1. The van der Waals surface area contributed by atoms with Gasteiger partial charge in [-0.05, 0) is 50.3 Å². The highest BCUT2D eigenvalue weighted by Gasteiger charge is 2.50. The van der Waals surface area contributed by atoms with Crippen LogP contribution in [0.25, 0.3) is 0 Å². The van der Waals surface area contributed by atoms with E-state index in [4.69, 9.17) is 9.47 Å². The predicted octanol–water partition coefficient (Wildman–Crippen LogP) is 3.17. The largest absolute Gasteiger partial charge is 0.497 e. The summed E-state index contributed by atoms with van der Waals surface area (Å²) in [6, 6.07) is 7.84. The number of hydrogen-bond donors (Lipinski definition) is 0. The van der Waals surface area contributed by atoms with Gasteiger partial charge in [-0.1, -0.05) is 18.6 Å². The van der Waals surface area contributed by atoms with Crippen molar-refractivity contribution in [3.05, 3.63) is 29.8 Å². The number of methoxy groups -OCH3 is 1. The lowest BCUT2D eigenvalue weighted by atomic mass is 9.68. The molecule has 1 saturated heterocycles. The number of hydrogen-bond acceptors (Lipinski definition) is 4. The average Bonchev–Trinajstić information content (AvgIpc) is 2.92. The van der Waals surface area contributed by atoms with Gasteiger partial charge in [-0.15, -0.1) is 0 Å². The van der Waals surface area contributed by atoms with E-state index in [1.165, 1.54) is 0 Å². The first-order valence-corrected chi connectivity index (χ1v) is 9.17. The van der Waals surface area contributed by atoms with Gasteiger partial charge < -0.3 is 14.4 Å². The molecule has 0 aromatic heterocycles. The van der Waals surface area contributed by atoms with Crippen LogP contribution in [-0.4, -0.2) is 37.0 Å². The van der Waals surface area contributed by atoms with Crippen molar-refractivity contribution in [3.8, 4) is 5.75 Å². The molecule has 5 nitrogen and oxygen atoms in total. The van der Waals surface area contributed by atoms with Crippen LogP contribution < -0.4 is 4.74 Å². The van der Waals surface area contributed by atoms with Crippen LogP contribution in [0.15, 0.2) is 24.3 Å². The first kappa shape index (κ1) is 17.8. The Balaban J connectivity index is 1.66. The highest BCUT2D eigenvalue weighted by molar-refractivity contribution is 5.86. The second-order valence-electron chi connectivity index (χ2n) is 7.15. The van der Waals surface area contributed by atoms with E-state index in [1.54, 1.807) is 7.11 Å². The summed E-state index contributed by atoms with van der Waals surface area (Å²) in [6.07, 6.45) is 4.14. The number of rotatable bonds is 5.